The molecule has 0 fully saturated rings. The summed E-state index contributed by atoms with van der Waals surface area (Å²) < 4.78 is 38.5. The van der Waals surface area contributed by atoms with Gasteiger partial charge in [0.25, 0.3) is 5.91 Å². The van der Waals surface area contributed by atoms with E-state index in [0.717, 1.165) is 27.8 Å². The molecule has 0 radical (unpaired) electrons. The number of hydrogen-bond acceptors (Lipinski definition) is 3. The van der Waals surface area contributed by atoms with E-state index in [4.69, 9.17) is 0 Å². The first-order valence-corrected chi connectivity index (χ1v) is 10.3. The minimum Gasteiger partial charge on any atom is -0.320 e. The zero-order valence-corrected chi connectivity index (χ0v) is 16.2. The lowest BCUT2D eigenvalue weighted by atomic mass is 10.0. The minimum absolute atomic E-state index is 0.137. The van der Waals surface area contributed by atoms with Crippen molar-refractivity contribution in [1.29, 1.82) is 0 Å². The summed E-state index contributed by atoms with van der Waals surface area (Å²) in [5.74, 6) is -1.06. The second-order valence-corrected chi connectivity index (χ2v) is 8.31. The van der Waals surface area contributed by atoms with Gasteiger partial charge < -0.3 is 5.32 Å². The van der Waals surface area contributed by atoms with Crippen molar-refractivity contribution in [1.82, 2.24) is 0 Å². The van der Waals surface area contributed by atoms with Gasteiger partial charge in [0, 0.05) is 12.6 Å². The molecule has 0 aliphatic carbocycles. The van der Waals surface area contributed by atoms with Gasteiger partial charge in [0.1, 0.15) is 5.82 Å². The molecule has 1 amide bonds. The summed E-state index contributed by atoms with van der Waals surface area (Å²) in [4.78, 5) is 12.6. The van der Waals surface area contributed by atoms with Crippen LogP contribution in [0.1, 0.15) is 10.4 Å². The summed E-state index contributed by atoms with van der Waals surface area (Å²) in [5, 5.41) is 2.71. The highest BCUT2D eigenvalue weighted by Gasteiger charge is 2.18. The lowest BCUT2D eigenvalue weighted by Gasteiger charge is -2.21. The number of sulfonamides is 1. The quantitative estimate of drug-likeness (QED) is 0.702. The molecule has 0 spiro atoms. The molecule has 5 nitrogen and oxygen atoms in total. The molecule has 0 saturated carbocycles. The van der Waals surface area contributed by atoms with Crippen molar-refractivity contribution in [2.24, 2.45) is 0 Å². The molecule has 0 aromatic heterocycles. The highest BCUT2D eigenvalue weighted by atomic mass is 32.2. The van der Waals surface area contributed by atoms with Crippen molar-refractivity contribution in [3.05, 3.63) is 84.2 Å². The monoisotopic (exact) mass is 398 g/mol. The zero-order valence-electron chi connectivity index (χ0n) is 15.4. The van der Waals surface area contributed by atoms with Crippen molar-refractivity contribution in [3.8, 4) is 11.1 Å². The van der Waals surface area contributed by atoms with Crippen molar-refractivity contribution >= 4 is 27.3 Å². The first-order chi connectivity index (χ1) is 13.3. The Hall–Kier alpha value is -3.19. The Morgan fingerprint density at radius 3 is 2.29 bits per heavy atom. The Balaban J connectivity index is 2.05. The number of hydrogen-bond donors (Lipinski definition) is 1. The molecule has 0 saturated heterocycles. The van der Waals surface area contributed by atoms with Gasteiger partial charge in [-0.25, -0.2) is 12.8 Å². The van der Waals surface area contributed by atoms with Gasteiger partial charge in [-0.15, -0.1) is 0 Å². The maximum atomic E-state index is 13.4. The van der Waals surface area contributed by atoms with Gasteiger partial charge in [-0.05, 0) is 41.5 Å². The molecule has 3 aromatic rings. The third kappa shape index (κ3) is 4.37. The molecule has 7 heteroatoms. The molecule has 0 aliphatic rings. The van der Waals surface area contributed by atoms with Gasteiger partial charge >= 0.3 is 0 Å². The summed E-state index contributed by atoms with van der Waals surface area (Å²) in [6, 6.07) is 19.9. The highest BCUT2D eigenvalue weighted by Crippen LogP contribution is 2.32. The van der Waals surface area contributed by atoms with Crippen LogP contribution >= 0.6 is 0 Å². The molecule has 0 heterocycles. The smallest absolute Gasteiger partial charge is 0.255 e. The van der Waals surface area contributed by atoms with E-state index in [0.29, 0.717) is 11.4 Å². The van der Waals surface area contributed by atoms with Crippen LogP contribution in [0.2, 0.25) is 0 Å². The summed E-state index contributed by atoms with van der Waals surface area (Å²) in [6.45, 7) is 0. The van der Waals surface area contributed by atoms with Gasteiger partial charge in [-0.1, -0.05) is 42.5 Å². The maximum absolute atomic E-state index is 13.4. The molecular weight excluding hydrogens is 379 g/mol. The molecule has 0 atom stereocenters. The fourth-order valence-electron chi connectivity index (χ4n) is 2.72. The molecule has 144 valence electrons. The molecule has 0 unspecified atom stereocenters. The lowest BCUT2D eigenvalue weighted by molar-refractivity contribution is 0.102. The van der Waals surface area contributed by atoms with Crippen LogP contribution in [0.5, 0.6) is 0 Å². The van der Waals surface area contributed by atoms with Gasteiger partial charge in [0.15, 0.2) is 0 Å². The van der Waals surface area contributed by atoms with E-state index in [1.54, 1.807) is 18.2 Å². The Bertz CT molecular complexity index is 1120. The fourth-order valence-corrected chi connectivity index (χ4v) is 3.24. The first kappa shape index (κ1) is 19.6. The van der Waals surface area contributed by atoms with E-state index in [9.17, 15) is 17.6 Å². The second kappa shape index (κ2) is 7.82. The average Bonchev–Trinajstić information content (AvgIpc) is 2.67. The second-order valence-electron chi connectivity index (χ2n) is 6.29. The van der Waals surface area contributed by atoms with E-state index in [1.807, 2.05) is 30.3 Å². The number of nitrogens with one attached hydrogen (secondary N) is 1. The van der Waals surface area contributed by atoms with Crippen LogP contribution in [0, 0.1) is 5.82 Å². The standard InChI is InChI=1S/C21H19FN2O3S/c1-24(28(2,26)27)20-12-11-16(15-7-4-3-5-8-15)14-19(20)23-21(25)17-9-6-10-18(22)13-17/h3-14H,1-2H3,(H,23,25). The third-order valence-corrected chi connectivity index (χ3v) is 5.47. The SMILES string of the molecule is CN(c1ccc(-c2ccccc2)cc1NC(=O)c1cccc(F)c1)S(C)(=O)=O. The van der Waals surface area contributed by atoms with Crippen molar-refractivity contribution in [2.75, 3.05) is 22.9 Å². The van der Waals surface area contributed by atoms with Crippen LogP contribution in [0.3, 0.4) is 0 Å². The Morgan fingerprint density at radius 1 is 0.929 bits per heavy atom. The Labute approximate surface area is 163 Å². The Kier molecular flexibility index (Phi) is 5.46. The molecule has 1 N–H and O–H groups in total. The number of anilines is 2. The van der Waals surface area contributed by atoms with Crippen LogP contribution in [-0.2, 0) is 10.0 Å². The van der Waals surface area contributed by atoms with Gasteiger partial charge in [0.05, 0.1) is 17.6 Å². The van der Waals surface area contributed by atoms with E-state index in [1.165, 1.54) is 25.2 Å². The predicted octanol–water partition coefficient (Wildman–Crippen LogP) is 4.14. The van der Waals surface area contributed by atoms with Crippen LogP contribution < -0.4 is 9.62 Å². The number of amides is 1. The molecule has 0 bridgehead atoms. The Morgan fingerprint density at radius 2 is 1.64 bits per heavy atom. The predicted molar refractivity (Wildman–Crippen MR) is 109 cm³/mol. The topological polar surface area (TPSA) is 66.5 Å². The van der Waals surface area contributed by atoms with Crippen LogP contribution in [0.4, 0.5) is 15.8 Å². The highest BCUT2D eigenvalue weighted by molar-refractivity contribution is 7.92. The molecule has 3 aromatic carbocycles. The maximum Gasteiger partial charge on any atom is 0.255 e. The van der Waals surface area contributed by atoms with Crippen LogP contribution in [0.25, 0.3) is 11.1 Å². The zero-order chi connectivity index (χ0) is 20.3. The van der Waals surface area contributed by atoms with Gasteiger partial charge in [-0.2, -0.15) is 0 Å². The van der Waals surface area contributed by atoms with Gasteiger partial charge in [-0.3, -0.25) is 9.10 Å². The molecular formula is C21H19FN2O3S. The van der Waals surface area contributed by atoms with Gasteiger partial charge in [0.2, 0.25) is 10.0 Å². The number of rotatable bonds is 5. The number of carbonyl (C=O) groups is 1. The summed E-state index contributed by atoms with van der Waals surface area (Å²) >= 11 is 0. The number of carbonyl (C=O) groups excluding carboxylic acids is 1. The lowest BCUT2D eigenvalue weighted by Crippen LogP contribution is -2.26. The largest absolute Gasteiger partial charge is 0.320 e. The minimum atomic E-state index is -3.54. The summed E-state index contributed by atoms with van der Waals surface area (Å²) in [6.07, 6.45) is 1.08. The normalized spacial score (nSPS) is 11.1. The molecule has 0 aliphatic heterocycles. The van der Waals surface area contributed by atoms with Crippen molar-refractivity contribution in [2.45, 2.75) is 0 Å². The van der Waals surface area contributed by atoms with Crippen LogP contribution in [0.15, 0.2) is 72.8 Å². The van der Waals surface area contributed by atoms with E-state index in [-0.39, 0.29) is 5.56 Å². The van der Waals surface area contributed by atoms with E-state index >= 15 is 0 Å². The summed E-state index contributed by atoms with van der Waals surface area (Å²) in [5.41, 5.74) is 2.48. The molecule has 28 heavy (non-hydrogen) atoms. The fraction of sp³-hybridized carbons (Fsp3) is 0.0952. The van der Waals surface area contributed by atoms with Crippen LogP contribution in [-0.4, -0.2) is 27.6 Å². The third-order valence-electron chi connectivity index (χ3n) is 4.28. The van der Waals surface area contributed by atoms with Crippen molar-refractivity contribution < 1.29 is 17.6 Å². The molecule has 3 rings (SSSR count). The number of nitrogens with zero attached hydrogens (tertiary/aromatic N) is 1. The number of benzene rings is 3. The van der Waals surface area contributed by atoms with Crippen molar-refractivity contribution in [3.63, 3.8) is 0 Å². The first-order valence-electron chi connectivity index (χ1n) is 8.46. The summed E-state index contributed by atoms with van der Waals surface area (Å²) in [7, 11) is -2.13. The average molecular weight is 398 g/mol. The van der Waals surface area contributed by atoms with E-state index in [2.05, 4.69) is 5.32 Å². The van der Waals surface area contributed by atoms with E-state index < -0.39 is 21.7 Å². The number of halogens is 1.